The minimum Gasteiger partial charge on any atom is -0.465 e. The summed E-state index contributed by atoms with van der Waals surface area (Å²) in [6.45, 7) is 11.4. The van der Waals surface area contributed by atoms with Crippen LogP contribution in [0.25, 0.3) is 10.8 Å². The summed E-state index contributed by atoms with van der Waals surface area (Å²) >= 11 is 3.69. The van der Waals surface area contributed by atoms with Gasteiger partial charge in [0.15, 0.2) is 0 Å². The maximum Gasteiger partial charge on any atom is 0.312 e. The number of esters is 1. The molecule has 8 nitrogen and oxygen atoms in total. The van der Waals surface area contributed by atoms with Gasteiger partial charge in [-0.3, -0.25) is 14.4 Å². The first-order valence-corrected chi connectivity index (χ1v) is 15.0. The zero-order valence-corrected chi connectivity index (χ0v) is 25.0. The van der Waals surface area contributed by atoms with Gasteiger partial charge < -0.3 is 24.4 Å². The van der Waals surface area contributed by atoms with Crippen molar-refractivity contribution in [2.45, 2.75) is 55.3 Å². The van der Waals surface area contributed by atoms with Crippen molar-refractivity contribution in [3.63, 3.8) is 0 Å². The molecule has 0 aromatic heterocycles. The number of fused-ring (bicyclic) bond motifs is 2. The molecule has 3 unspecified atom stereocenters. The largest absolute Gasteiger partial charge is 0.465 e. The number of carbonyl (C=O) groups is 3. The Hall–Kier alpha value is -3.01. The van der Waals surface area contributed by atoms with E-state index < -0.39 is 41.6 Å². The summed E-state index contributed by atoms with van der Waals surface area (Å²) in [5.41, 5.74) is -0.595. The van der Waals surface area contributed by atoms with Crippen LogP contribution < -0.4 is 4.90 Å². The SMILES string of the molecule is C=CCCOC(=O)[C@H]1[C@@H]2OC3(CC2Br)C(C(=O)N(CC=C)c2ccc4ccccc4c2)N([C@@H](CO)C(C)C)C(=O)[C@H]13. The monoisotopic (exact) mass is 624 g/mol. The van der Waals surface area contributed by atoms with Crippen LogP contribution in [0.5, 0.6) is 0 Å². The normalized spacial score (nSPS) is 29.0. The molecule has 2 amide bonds. The Labute approximate surface area is 249 Å². The second kappa shape index (κ2) is 11.7. The summed E-state index contributed by atoms with van der Waals surface area (Å²) in [5, 5.41) is 12.5. The Balaban J connectivity index is 1.61. The number of hydrogen-bond acceptors (Lipinski definition) is 6. The molecular weight excluding hydrogens is 588 g/mol. The minimum atomic E-state index is -1.26. The molecule has 1 spiro atoms. The van der Waals surface area contributed by atoms with Crippen LogP contribution in [0.1, 0.15) is 26.7 Å². The second-order valence-corrected chi connectivity index (χ2v) is 12.6. The van der Waals surface area contributed by atoms with E-state index in [0.29, 0.717) is 18.5 Å². The fourth-order valence-electron chi connectivity index (χ4n) is 6.88. The van der Waals surface area contributed by atoms with E-state index in [-0.39, 0.29) is 42.3 Å². The number of ether oxygens (including phenoxy) is 2. The fraction of sp³-hybridized carbons (Fsp3) is 0.469. The van der Waals surface area contributed by atoms with Crippen molar-refractivity contribution < 1.29 is 29.0 Å². The van der Waals surface area contributed by atoms with Crippen molar-refractivity contribution in [3.05, 3.63) is 67.8 Å². The Morgan fingerprint density at radius 2 is 1.95 bits per heavy atom. The van der Waals surface area contributed by atoms with Crippen molar-refractivity contribution in [2.24, 2.45) is 17.8 Å². The topological polar surface area (TPSA) is 96.4 Å². The number of likely N-dealkylation sites (tertiary alicyclic amines) is 1. The van der Waals surface area contributed by atoms with Gasteiger partial charge in [-0.2, -0.15) is 0 Å². The number of aliphatic hydroxyl groups excluding tert-OH is 1. The Kier molecular flexibility index (Phi) is 8.41. The lowest BCUT2D eigenvalue weighted by atomic mass is 9.70. The highest BCUT2D eigenvalue weighted by Crippen LogP contribution is 2.61. The summed E-state index contributed by atoms with van der Waals surface area (Å²) in [4.78, 5) is 45.4. The first kappa shape index (κ1) is 29.5. The maximum absolute atomic E-state index is 14.8. The molecule has 218 valence electrons. The maximum atomic E-state index is 14.8. The highest BCUT2D eigenvalue weighted by Gasteiger charge is 2.77. The average Bonchev–Trinajstić information content (AvgIpc) is 3.55. The number of rotatable bonds is 11. The molecule has 9 heteroatoms. The van der Waals surface area contributed by atoms with Crippen LogP contribution in [0.15, 0.2) is 67.8 Å². The van der Waals surface area contributed by atoms with Crippen molar-refractivity contribution in [1.29, 1.82) is 0 Å². The number of aliphatic hydroxyl groups is 1. The molecule has 2 aromatic carbocycles. The predicted molar refractivity (Wildman–Crippen MR) is 161 cm³/mol. The lowest BCUT2D eigenvalue weighted by Gasteiger charge is -2.40. The molecule has 0 saturated carbocycles. The Bertz CT molecular complexity index is 1360. The van der Waals surface area contributed by atoms with Crippen molar-refractivity contribution in [2.75, 3.05) is 24.7 Å². The van der Waals surface area contributed by atoms with E-state index in [1.54, 1.807) is 17.1 Å². The highest BCUT2D eigenvalue weighted by molar-refractivity contribution is 9.09. The van der Waals surface area contributed by atoms with Crippen LogP contribution in [-0.2, 0) is 23.9 Å². The number of nitrogens with zero attached hydrogens (tertiary/aromatic N) is 2. The average molecular weight is 626 g/mol. The first-order valence-electron chi connectivity index (χ1n) is 14.1. The number of carbonyl (C=O) groups excluding carboxylic acids is 3. The molecule has 3 aliphatic heterocycles. The molecule has 0 radical (unpaired) electrons. The Morgan fingerprint density at radius 1 is 1.22 bits per heavy atom. The minimum absolute atomic E-state index is 0.152. The summed E-state index contributed by atoms with van der Waals surface area (Å²) < 4.78 is 12.1. The summed E-state index contributed by atoms with van der Waals surface area (Å²) in [7, 11) is 0. The van der Waals surface area contributed by atoms with E-state index in [9.17, 15) is 19.5 Å². The molecule has 3 fully saturated rings. The molecule has 3 saturated heterocycles. The number of hydrogen-bond donors (Lipinski definition) is 1. The van der Waals surface area contributed by atoms with Gasteiger partial charge in [0, 0.05) is 17.1 Å². The van der Waals surface area contributed by atoms with Crippen LogP contribution in [0.3, 0.4) is 0 Å². The summed E-state index contributed by atoms with van der Waals surface area (Å²) in [5.74, 6) is -3.14. The van der Waals surface area contributed by atoms with Crippen molar-refractivity contribution in [1.82, 2.24) is 4.90 Å². The predicted octanol–water partition coefficient (Wildman–Crippen LogP) is 4.24. The standard InChI is InChI=1S/C32H37BrN2O6/c1-5-7-15-40-31(39)25-26-29(37)35(24(18-36)19(3)4)28(32(26)17-23(33)27(25)41-32)30(38)34(14-6-2)22-13-12-20-10-8-9-11-21(20)16-22/h5-6,8-13,16,19,23-28,36H,1-2,7,14-15,17-18H2,3-4H3/t23?,24-,25+,26-,27+,28?,32?/m0/s1. The van der Waals surface area contributed by atoms with Gasteiger partial charge in [-0.25, -0.2) is 0 Å². The van der Waals surface area contributed by atoms with E-state index >= 15 is 0 Å². The fourth-order valence-corrected chi connectivity index (χ4v) is 7.82. The second-order valence-electron chi connectivity index (χ2n) is 11.4. The van der Waals surface area contributed by atoms with Gasteiger partial charge in [0.05, 0.1) is 37.2 Å². The zero-order chi connectivity index (χ0) is 29.5. The smallest absolute Gasteiger partial charge is 0.312 e. The van der Waals surface area contributed by atoms with Crippen molar-refractivity contribution >= 4 is 50.2 Å². The van der Waals surface area contributed by atoms with E-state index in [4.69, 9.17) is 9.47 Å². The third kappa shape index (κ3) is 4.81. The van der Waals surface area contributed by atoms with E-state index in [1.807, 2.05) is 56.3 Å². The quantitative estimate of drug-likeness (QED) is 0.174. The molecule has 1 N–H and O–H groups in total. The van der Waals surface area contributed by atoms with E-state index in [0.717, 1.165) is 10.8 Å². The van der Waals surface area contributed by atoms with Gasteiger partial charge in [-0.1, -0.05) is 72.3 Å². The Morgan fingerprint density at radius 3 is 2.61 bits per heavy atom. The molecule has 3 heterocycles. The van der Waals surface area contributed by atoms with Crippen LogP contribution in [0.4, 0.5) is 5.69 Å². The van der Waals surface area contributed by atoms with Gasteiger partial charge in [0.25, 0.3) is 5.91 Å². The molecule has 41 heavy (non-hydrogen) atoms. The van der Waals surface area contributed by atoms with Crippen LogP contribution in [0, 0.1) is 17.8 Å². The van der Waals surface area contributed by atoms with Gasteiger partial charge in [-0.05, 0) is 41.7 Å². The number of alkyl halides is 1. The third-order valence-corrected chi connectivity index (χ3v) is 9.58. The lowest BCUT2D eigenvalue weighted by Crippen LogP contribution is -2.60. The van der Waals surface area contributed by atoms with Crippen molar-refractivity contribution in [3.8, 4) is 0 Å². The molecule has 0 aliphatic carbocycles. The number of benzene rings is 2. The molecule has 2 bridgehead atoms. The number of amides is 2. The van der Waals surface area contributed by atoms with Gasteiger partial charge >= 0.3 is 5.97 Å². The van der Waals surface area contributed by atoms with Gasteiger partial charge in [0.1, 0.15) is 11.6 Å². The van der Waals surface area contributed by atoms with Gasteiger partial charge in [-0.15, -0.1) is 13.2 Å². The summed E-state index contributed by atoms with van der Waals surface area (Å²) in [6.07, 6.45) is 3.55. The van der Waals surface area contributed by atoms with E-state index in [2.05, 4.69) is 29.1 Å². The molecule has 5 rings (SSSR count). The number of halogens is 1. The highest BCUT2D eigenvalue weighted by atomic mass is 79.9. The molecular formula is C32H37BrN2O6. The van der Waals surface area contributed by atoms with Gasteiger partial charge in [0.2, 0.25) is 5.91 Å². The van der Waals surface area contributed by atoms with Crippen LogP contribution in [-0.4, -0.2) is 76.2 Å². The zero-order valence-electron chi connectivity index (χ0n) is 23.4. The molecule has 2 aromatic rings. The summed E-state index contributed by atoms with van der Waals surface area (Å²) in [6, 6.07) is 12.0. The van der Waals surface area contributed by atoms with Crippen LogP contribution >= 0.6 is 15.9 Å². The molecule has 7 atom stereocenters. The number of anilines is 1. The first-order chi connectivity index (χ1) is 19.7. The van der Waals surface area contributed by atoms with E-state index in [1.165, 1.54) is 4.90 Å². The van der Waals surface area contributed by atoms with Crippen LogP contribution in [0.2, 0.25) is 0 Å². The lowest BCUT2D eigenvalue weighted by molar-refractivity contribution is -0.155. The third-order valence-electron chi connectivity index (χ3n) is 8.74. The molecule has 3 aliphatic rings.